The molecule has 1 heterocycles. The minimum absolute atomic E-state index is 0.0211. The van der Waals surface area contributed by atoms with Crippen LogP contribution in [-0.2, 0) is 21.2 Å². The van der Waals surface area contributed by atoms with Gasteiger partial charge in [0.1, 0.15) is 5.75 Å². The summed E-state index contributed by atoms with van der Waals surface area (Å²) in [6.45, 7) is 6.51. The maximum absolute atomic E-state index is 13.0. The van der Waals surface area contributed by atoms with E-state index in [1.165, 1.54) is 5.56 Å². The lowest BCUT2D eigenvalue weighted by Gasteiger charge is -2.28. The van der Waals surface area contributed by atoms with Gasteiger partial charge in [-0.3, -0.25) is 4.79 Å². The van der Waals surface area contributed by atoms with Crippen LogP contribution in [0.4, 0.5) is 0 Å². The summed E-state index contributed by atoms with van der Waals surface area (Å²) in [6, 6.07) is 15.4. The van der Waals surface area contributed by atoms with Gasteiger partial charge in [0.15, 0.2) is 16.4 Å². The van der Waals surface area contributed by atoms with Gasteiger partial charge in [-0.2, -0.15) is 0 Å². The molecule has 0 unspecified atom stereocenters. The van der Waals surface area contributed by atoms with Crippen molar-refractivity contribution >= 4 is 15.7 Å². The van der Waals surface area contributed by atoms with Gasteiger partial charge in [0.05, 0.1) is 11.5 Å². The smallest absolute Gasteiger partial charge is 0.261 e. The van der Waals surface area contributed by atoms with E-state index < -0.39 is 9.84 Å². The minimum Gasteiger partial charge on any atom is -0.484 e. The van der Waals surface area contributed by atoms with Crippen LogP contribution in [0.1, 0.15) is 42.9 Å². The van der Waals surface area contributed by atoms with E-state index in [4.69, 9.17) is 4.74 Å². The molecule has 0 aliphatic carbocycles. The molecule has 1 aliphatic rings. The number of rotatable bonds is 7. The molecule has 2 aromatic rings. The van der Waals surface area contributed by atoms with E-state index in [0.717, 1.165) is 11.1 Å². The van der Waals surface area contributed by atoms with Crippen molar-refractivity contribution in [1.29, 1.82) is 0 Å². The third-order valence-electron chi connectivity index (χ3n) is 5.32. The number of carbonyl (C=O) groups excluding carboxylic acids is 1. The van der Waals surface area contributed by atoms with Crippen molar-refractivity contribution < 1.29 is 17.9 Å². The van der Waals surface area contributed by atoms with Crippen molar-refractivity contribution in [2.45, 2.75) is 45.7 Å². The Kier molecular flexibility index (Phi) is 6.63. The fourth-order valence-electron chi connectivity index (χ4n) is 3.58. The van der Waals surface area contributed by atoms with E-state index >= 15 is 0 Å². The standard InChI is InChI=1S/C23H29NO4S/c1-17(2)20-9-7-19(8-10-20)14-24(21-11-12-29(26,27)16-21)23(25)15-28-22-6-4-5-18(3)13-22/h4-10,13,17,21H,11-12,14-16H2,1-3H3/t21-/m1/s1. The summed E-state index contributed by atoms with van der Waals surface area (Å²) in [5.41, 5.74) is 3.28. The number of aryl methyl sites for hydroxylation is 1. The largest absolute Gasteiger partial charge is 0.484 e. The number of sulfone groups is 1. The lowest BCUT2D eigenvalue weighted by Crippen LogP contribution is -2.43. The van der Waals surface area contributed by atoms with Gasteiger partial charge in [0.2, 0.25) is 0 Å². The lowest BCUT2D eigenvalue weighted by atomic mass is 10.0. The second-order valence-electron chi connectivity index (χ2n) is 8.08. The van der Waals surface area contributed by atoms with Crippen molar-refractivity contribution in [3.05, 3.63) is 65.2 Å². The zero-order valence-corrected chi connectivity index (χ0v) is 18.1. The highest BCUT2D eigenvalue weighted by atomic mass is 32.2. The summed E-state index contributed by atoms with van der Waals surface area (Å²) in [5.74, 6) is 1.03. The maximum atomic E-state index is 13.0. The molecule has 0 saturated carbocycles. The summed E-state index contributed by atoms with van der Waals surface area (Å²) in [7, 11) is -3.09. The van der Waals surface area contributed by atoms with Crippen LogP contribution >= 0.6 is 0 Å². The molecule has 1 atom stereocenters. The van der Waals surface area contributed by atoms with E-state index in [1.54, 1.807) is 4.90 Å². The molecule has 0 N–H and O–H groups in total. The molecule has 5 nitrogen and oxygen atoms in total. The fraction of sp³-hybridized carbons (Fsp3) is 0.435. The van der Waals surface area contributed by atoms with Gasteiger partial charge in [0.25, 0.3) is 5.91 Å². The Bertz CT molecular complexity index is 951. The van der Waals surface area contributed by atoms with Crippen LogP contribution in [-0.4, -0.2) is 43.4 Å². The first-order valence-corrected chi connectivity index (χ1v) is 11.8. The predicted octanol–water partition coefficient (Wildman–Crippen LogP) is 3.71. The number of carbonyl (C=O) groups is 1. The summed E-state index contributed by atoms with van der Waals surface area (Å²) in [6.07, 6.45) is 0.475. The molecule has 0 spiro atoms. The first-order chi connectivity index (χ1) is 13.7. The first kappa shape index (κ1) is 21.4. The van der Waals surface area contributed by atoms with Gasteiger partial charge in [0, 0.05) is 12.6 Å². The number of benzene rings is 2. The van der Waals surface area contributed by atoms with Gasteiger partial charge in [-0.1, -0.05) is 50.2 Å². The van der Waals surface area contributed by atoms with Crippen LogP contribution in [0.3, 0.4) is 0 Å². The highest BCUT2D eigenvalue weighted by molar-refractivity contribution is 7.91. The molecule has 1 amide bonds. The molecule has 6 heteroatoms. The fourth-order valence-corrected chi connectivity index (χ4v) is 5.31. The Morgan fingerprint density at radius 2 is 1.90 bits per heavy atom. The molecular formula is C23H29NO4S. The average Bonchev–Trinajstić information content (AvgIpc) is 3.04. The first-order valence-electron chi connectivity index (χ1n) is 10.0. The van der Waals surface area contributed by atoms with Gasteiger partial charge >= 0.3 is 0 Å². The van der Waals surface area contributed by atoms with Crippen LogP contribution in [0.2, 0.25) is 0 Å². The van der Waals surface area contributed by atoms with E-state index in [1.807, 2.05) is 43.3 Å². The molecule has 156 valence electrons. The van der Waals surface area contributed by atoms with Gasteiger partial charge in [-0.05, 0) is 48.1 Å². The van der Waals surface area contributed by atoms with Gasteiger partial charge in [-0.25, -0.2) is 8.42 Å². The third kappa shape index (κ3) is 5.82. The SMILES string of the molecule is Cc1cccc(OCC(=O)N(Cc2ccc(C(C)C)cc2)[C@@H]2CCS(=O)(=O)C2)c1. The molecule has 1 saturated heterocycles. The Balaban J connectivity index is 1.74. The van der Waals surface area contributed by atoms with Crippen molar-refractivity contribution in [3.63, 3.8) is 0 Å². The number of nitrogens with zero attached hydrogens (tertiary/aromatic N) is 1. The van der Waals surface area contributed by atoms with Crippen molar-refractivity contribution in [1.82, 2.24) is 4.90 Å². The average molecular weight is 416 g/mol. The molecular weight excluding hydrogens is 386 g/mol. The molecule has 29 heavy (non-hydrogen) atoms. The summed E-state index contributed by atoms with van der Waals surface area (Å²) in [5, 5.41) is 0. The number of amides is 1. The third-order valence-corrected chi connectivity index (χ3v) is 7.07. The van der Waals surface area contributed by atoms with E-state index in [2.05, 4.69) is 26.0 Å². The lowest BCUT2D eigenvalue weighted by molar-refractivity contribution is -0.136. The highest BCUT2D eigenvalue weighted by Crippen LogP contribution is 2.22. The Morgan fingerprint density at radius 1 is 1.17 bits per heavy atom. The highest BCUT2D eigenvalue weighted by Gasteiger charge is 2.34. The van der Waals surface area contributed by atoms with Crippen LogP contribution in [0.15, 0.2) is 48.5 Å². The van der Waals surface area contributed by atoms with Crippen LogP contribution in [0.5, 0.6) is 5.75 Å². The van der Waals surface area contributed by atoms with Crippen LogP contribution in [0.25, 0.3) is 0 Å². The Morgan fingerprint density at radius 3 is 2.48 bits per heavy atom. The normalized spacial score (nSPS) is 18.0. The quantitative estimate of drug-likeness (QED) is 0.692. The Hall–Kier alpha value is -2.34. The maximum Gasteiger partial charge on any atom is 0.261 e. The number of ether oxygens (including phenoxy) is 1. The van der Waals surface area contributed by atoms with E-state index in [0.29, 0.717) is 24.6 Å². The molecule has 2 aromatic carbocycles. The summed E-state index contributed by atoms with van der Waals surface area (Å²) in [4.78, 5) is 14.7. The number of hydrogen-bond donors (Lipinski definition) is 0. The van der Waals surface area contributed by atoms with Gasteiger partial charge in [-0.15, -0.1) is 0 Å². The molecule has 1 aliphatic heterocycles. The molecule has 0 radical (unpaired) electrons. The molecule has 1 fully saturated rings. The predicted molar refractivity (Wildman–Crippen MR) is 115 cm³/mol. The topological polar surface area (TPSA) is 63.7 Å². The summed E-state index contributed by atoms with van der Waals surface area (Å²) < 4.78 is 29.7. The van der Waals surface area contributed by atoms with Crippen LogP contribution < -0.4 is 4.74 Å². The minimum atomic E-state index is -3.09. The van der Waals surface area contributed by atoms with E-state index in [9.17, 15) is 13.2 Å². The molecule has 3 rings (SSSR count). The Labute approximate surface area is 173 Å². The monoisotopic (exact) mass is 415 g/mol. The second-order valence-corrected chi connectivity index (χ2v) is 10.3. The zero-order valence-electron chi connectivity index (χ0n) is 17.3. The van der Waals surface area contributed by atoms with Crippen LogP contribution in [0, 0.1) is 6.92 Å². The van der Waals surface area contributed by atoms with Crippen molar-refractivity contribution in [3.8, 4) is 5.75 Å². The summed E-state index contributed by atoms with van der Waals surface area (Å²) >= 11 is 0. The number of hydrogen-bond acceptors (Lipinski definition) is 4. The van der Waals surface area contributed by atoms with Crippen molar-refractivity contribution in [2.75, 3.05) is 18.1 Å². The van der Waals surface area contributed by atoms with Crippen molar-refractivity contribution in [2.24, 2.45) is 0 Å². The van der Waals surface area contributed by atoms with E-state index in [-0.39, 0.29) is 30.1 Å². The second kappa shape index (κ2) is 8.99. The van der Waals surface area contributed by atoms with Gasteiger partial charge < -0.3 is 9.64 Å². The molecule has 0 aromatic heterocycles. The molecule has 0 bridgehead atoms. The zero-order chi connectivity index (χ0) is 21.0.